The molecule has 3 unspecified atom stereocenters. The Bertz CT molecular complexity index is 1140. The second-order valence-corrected chi connectivity index (χ2v) is 9.10. The molecule has 0 saturated carbocycles. The Morgan fingerprint density at radius 1 is 1.13 bits per heavy atom. The van der Waals surface area contributed by atoms with Crippen molar-refractivity contribution >= 4 is 45.5 Å². The standard InChI is InChI=1S/C21H22IN5O4/c1-20(2)29-14-15(30-20)21(3,9-22)31-19(14)27-11-25-13-16(23-10-24-17(13)27)26-18(28)12-7-5-4-6-8-12/h4-8,10-11,14-15,19H,9H2,1-3H3,(H,23,24,26,28)/t14?,15-,19?,21?/m1/s1. The summed E-state index contributed by atoms with van der Waals surface area (Å²) in [6, 6.07) is 8.95. The van der Waals surface area contributed by atoms with E-state index in [9.17, 15) is 4.79 Å². The van der Waals surface area contributed by atoms with Gasteiger partial charge in [0.2, 0.25) is 0 Å². The van der Waals surface area contributed by atoms with E-state index in [2.05, 4.69) is 42.9 Å². The number of anilines is 1. The maximum atomic E-state index is 12.6. The third kappa shape index (κ3) is 3.51. The van der Waals surface area contributed by atoms with Gasteiger partial charge in [0.1, 0.15) is 24.1 Å². The van der Waals surface area contributed by atoms with Gasteiger partial charge in [-0.05, 0) is 32.9 Å². The van der Waals surface area contributed by atoms with Crippen LogP contribution in [0.15, 0.2) is 43.0 Å². The molecule has 1 amide bonds. The van der Waals surface area contributed by atoms with Gasteiger partial charge < -0.3 is 19.5 Å². The molecule has 0 radical (unpaired) electrons. The summed E-state index contributed by atoms with van der Waals surface area (Å²) in [5.74, 6) is -0.628. The fraction of sp³-hybridized carbons (Fsp3) is 0.429. The average Bonchev–Trinajstić information content (AvgIpc) is 3.40. The van der Waals surface area contributed by atoms with Gasteiger partial charge in [0, 0.05) is 9.99 Å². The Labute approximate surface area is 192 Å². The zero-order valence-electron chi connectivity index (χ0n) is 17.3. The minimum absolute atomic E-state index is 0.221. The number of rotatable bonds is 4. The fourth-order valence-electron chi connectivity index (χ4n) is 4.10. The van der Waals surface area contributed by atoms with Crippen molar-refractivity contribution in [3.63, 3.8) is 0 Å². The van der Waals surface area contributed by atoms with E-state index in [1.54, 1.807) is 18.5 Å². The van der Waals surface area contributed by atoms with Crippen molar-refractivity contribution in [3.8, 4) is 0 Å². The lowest BCUT2D eigenvalue weighted by molar-refractivity contribution is -0.211. The molecular weight excluding hydrogens is 513 g/mol. The molecule has 0 bridgehead atoms. The summed E-state index contributed by atoms with van der Waals surface area (Å²) in [6.07, 6.45) is 2.04. The molecule has 0 aliphatic carbocycles. The van der Waals surface area contributed by atoms with E-state index < -0.39 is 17.6 Å². The normalized spacial score (nSPS) is 29.2. The zero-order valence-corrected chi connectivity index (χ0v) is 19.4. The number of fused-ring (bicyclic) bond motifs is 2. The predicted octanol–water partition coefficient (Wildman–Crippen LogP) is 3.32. The third-order valence-electron chi connectivity index (χ3n) is 5.57. The maximum Gasteiger partial charge on any atom is 0.256 e. The van der Waals surface area contributed by atoms with Crippen molar-refractivity contribution in [2.75, 3.05) is 9.74 Å². The van der Waals surface area contributed by atoms with Crippen molar-refractivity contribution < 1.29 is 19.0 Å². The molecule has 31 heavy (non-hydrogen) atoms. The number of alkyl halides is 1. The smallest absolute Gasteiger partial charge is 0.256 e. The van der Waals surface area contributed by atoms with Crippen LogP contribution in [0.25, 0.3) is 11.2 Å². The van der Waals surface area contributed by atoms with Crippen LogP contribution in [0.5, 0.6) is 0 Å². The Hall–Kier alpha value is -2.15. The highest BCUT2D eigenvalue weighted by atomic mass is 127. The molecular formula is C21H22IN5O4. The van der Waals surface area contributed by atoms with E-state index in [1.807, 2.05) is 43.5 Å². The molecule has 2 saturated heterocycles. The summed E-state index contributed by atoms with van der Waals surface area (Å²) in [5.41, 5.74) is 1.05. The van der Waals surface area contributed by atoms with Gasteiger partial charge in [-0.1, -0.05) is 40.8 Å². The topological polar surface area (TPSA) is 100 Å². The van der Waals surface area contributed by atoms with Crippen LogP contribution in [0.2, 0.25) is 0 Å². The van der Waals surface area contributed by atoms with Crippen molar-refractivity contribution in [1.82, 2.24) is 19.5 Å². The summed E-state index contributed by atoms with van der Waals surface area (Å²) < 4.78 is 21.4. The third-order valence-corrected chi connectivity index (χ3v) is 7.08. The number of hydrogen-bond acceptors (Lipinski definition) is 7. The van der Waals surface area contributed by atoms with Crippen LogP contribution in [0.4, 0.5) is 5.82 Å². The van der Waals surface area contributed by atoms with Gasteiger partial charge in [-0.25, -0.2) is 15.0 Å². The predicted molar refractivity (Wildman–Crippen MR) is 121 cm³/mol. The summed E-state index contributed by atoms with van der Waals surface area (Å²) in [6.45, 7) is 5.84. The van der Waals surface area contributed by atoms with Gasteiger partial charge in [-0.15, -0.1) is 0 Å². The van der Waals surface area contributed by atoms with Gasteiger partial charge in [-0.3, -0.25) is 9.36 Å². The lowest BCUT2D eigenvalue weighted by atomic mass is 10.00. The summed E-state index contributed by atoms with van der Waals surface area (Å²) in [5, 5.41) is 2.83. The quantitative estimate of drug-likeness (QED) is 0.404. The number of hydrogen-bond donors (Lipinski definition) is 1. The van der Waals surface area contributed by atoms with E-state index in [-0.39, 0.29) is 18.1 Å². The molecule has 4 atom stereocenters. The van der Waals surface area contributed by atoms with Gasteiger partial charge in [0.25, 0.3) is 5.91 Å². The Kier molecular flexibility index (Phi) is 5.00. The Morgan fingerprint density at radius 3 is 2.65 bits per heavy atom. The molecule has 2 aliphatic rings. The summed E-state index contributed by atoms with van der Waals surface area (Å²) in [4.78, 5) is 25.7. The first kappa shape index (κ1) is 20.7. The van der Waals surface area contributed by atoms with Crippen LogP contribution in [0.1, 0.15) is 37.4 Å². The molecule has 0 spiro atoms. The van der Waals surface area contributed by atoms with E-state index in [1.165, 1.54) is 6.33 Å². The SMILES string of the molecule is CC1(C)OC2C(n3cnc4c(NC(=O)c5ccccc5)ncnc43)OC(C)(CI)[C@@H]2O1. The highest BCUT2D eigenvalue weighted by molar-refractivity contribution is 14.1. The molecule has 2 aliphatic heterocycles. The number of benzene rings is 1. The molecule has 1 N–H and O–H groups in total. The van der Waals surface area contributed by atoms with E-state index in [0.717, 1.165) is 4.43 Å². The Morgan fingerprint density at radius 2 is 1.90 bits per heavy atom. The van der Waals surface area contributed by atoms with Gasteiger partial charge in [0.15, 0.2) is 29.0 Å². The molecule has 2 aromatic heterocycles. The lowest BCUT2D eigenvalue weighted by Crippen LogP contribution is -2.41. The van der Waals surface area contributed by atoms with E-state index in [4.69, 9.17) is 14.2 Å². The van der Waals surface area contributed by atoms with E-state index >= 15 is 0 Å². The fourth-order valence-corrected chi connectivity index (χ4v) is 4.72. The minimum Gasteiger partial charge on any atom is -0.345 e. The molecule has 162 valence electrons. The number of nitrogens with zero attached hydrogens (tertiary/aromatic N) is 4. The average molecular weight is 535 g/mol. The molecule has 9 nitrogen and oxygen atoms in total. The highest BCUT2D eigenvalue weighted by Crippen LogP contribution is 2.49. The van der Waals surface area contributed by atoms with Gasteiger partial charge in [-0.2, -0.15) is 0 Å². The second-order valence-electron chi connectivity index (χ2n) is 8.34. The Balaban J connectivity index is 1.50. The molecule has 1 aromatic carbocycles. The lowest BCUT2D eigenvalue weighted by Gasteiger charge is -2.30. The minimum atomic E-state index is -0.704. The number of ether oxygens (including phenoxy) is 3. The van der Waals surface area contributed by atoms with E-state index in [0.29, 0.717) is 22.5 Å². The number of halogens is 1. The van der Waals surface area contributed by atoms with Crippen LogP contribution in [0, 0.1) is 0 Å². The number of imidazole rings is 1. The van der Waals surface area contributed by atoms with Crippen LogP contribution in [0.3, 0.4) is 0 Å². The monoisotopic (exact) mass is 535 g/mol. The van der Waals surface area contributed by atoms with Crippen molar-refractivity contribution in [2.45, 2.75) is 50.6 Å². The summed E-state index contributed by atoms with van der Waals surface area (Å²) in [7, 11) is 0. The molecule has 2 fully saturated rings. The summed E-state index contributed by atoms with van der Waals surface area (Å²) >= 11 is 2.31. The number of carbonyl (C=O) groups excluding carboxylic acids is 1. The van der Waals surface area contributed by atoms with Crippen LogP contribution in [-0.2, 0) is 14.2 Å². The number of nitrogens with one attached hydrogen (secondary N) is 1. The van der Waals surface area contributed by atoms with Crippen molar-refractivity contribution in [2.24, 2.45) is 0 Å². The number of carbonyl (C=O) groups is 1. The highest BCUT2D eigenvalue weighted by Gasteiger charge is 2.61. The molecule has 10 heteroatoms. The molecule has 4 heterocycles. The first-order valence-corrected chi connectivity index (χ1v) is 11.5. The first-order chi connectivity index (χ1) is 14.8. The van der Waals surface area contributed by atoms with Crippen molar-refractivity contribution in [1.29, 1.82) is 0 Å². The van der Waals surface area contributed by atoms with Gasteiger partial charge in [0.05, 0.1) is 6.33 Å². The van der Waals surface area contributed by atoms with Crippen molar-refractivity contribution in [3.05, 3.63) is 48.5 Å². The molecule has 3 aromatic rings. The number of amides is 1. The first-order valence-electron chi connectivity index (χ1n) is 9.95. The molecule has 5 rings (SSSR count). The number of aromatic nitrogens is 4. The van der Waals surface area contributed by atoms with Crippen LogP contribution < -0.4 is 5.32 Å². The second kappa shape index (κ2) is 7.47. The zero-order chi connectivity index (χ0) is 21.8. The van der Waals surface area contributed by atoms with Crippen LogP contribution in [-0.4, -0.2) is 53.4 Å². The largest absolute Gasteiger partial charge is 0.345 e. The van der Waals surface area contributed by atoms with Gasteiger partial charge >= 0.3 is 0 Å². The van der Waals surface area contributed by atoms with Crippen LogP contribution >= 0.6 is 22.6 Å². The maximum absolute atomic E-state index is 12.6.